The first-order valence-electron chi connectivity index (χ1n) is 10.7. The van der Waals surface area contributed by atoms with Gasteiger partial charge in [0, 0.05) is 29.4 Å². The van der Waals surface area contributed by atoms with Gasteiger partial charge >= 0.3 is 12.0 Å². The van der Waals surface area contributed by atoms with E-state index in [0.717, 1.165) is 31.6 Å². The number of nitrogens with two attached hydrogens (primary N) is 1. The molecule has 2 amide bonds. The minimum Gasteiger partial charge on any atom is -0.476 e. The molecular weight excluding hydrogens is 463 g/mol. The summed E-state index contributed by atoms with van der Waals surface area (Å²) in [6.45, 7) is 3.61. The predicted octanol–water partition coefficient (Wildman–Crippen LogP) is 5.66. The molecule has 0 radical (unpaired) electrons. The molecule has 174 valence electrons. The summed E-state index contributed by atoms with van der Waals surface area (Å²) in [4.78, 5) is 28.2. The van der Waals surface area contributed by atoms with Gasteiger partial charge in [-0.15, -0.1) is 0 Å². The second kappa shape index (κ2) is 11.2. The molecule has 2 heterocycles. The zero-order valence-electron chi connectivity index (χ0n) is 18.3. The van der Waals surface area contributed by atoms with Crippen LogP contribution in [0.15, 0.2) is 48.5 Å². The van der Waals surface area contributed by atoms with Gasteiger partial charge in [-0.05, 0) is 62.1 Å². The Morgan fingerprint density at radius 2 is 1.67 bits per heavy atom. The van der Waals surface area contributed by atoms with Crippen LogP contribution in [-0.2, 0) is 6.42 Å². The molecule has 0 atom stereocenters. The maximum atomic E-state index is 11.6. The lowest BCUT2D eigenvalue weighted by atomic mass is 10.1. The van der Waals surface area contributed by atoms with Gasteiger partial charge in [0.1, 0.15) is 5.82 Å². The number of piperidine rings is 1. The van der Waals surface area contributed by atoms with Gasteiger partial charge in [0.05, 0.1) is 10.7 Å². The van der Waals surface area contributed by atoms with Crippen molar-refractivity contribution in [2.75, 3.05) is 13.1 Å². The standard InChI is InChI=1S/C18H14Cl2N2O2.C6H12N2O/c1-2-15-16(18(23)24)21-17(13-5-3-4-6-14(13)20)22(15)12-9-7-11(19)8-10-12;7-6(9)8-4-2-1-3-5-8/h3-10H,2H2,1H3,(H,23,24);1-5H2,(H2,7,9). The molecule has 4 rings (SSSR count). The van der Waals surface area contributed by atoms with Crippen molar-refractivity contribution in [1.82, 2.24) is 14.5 Å². The third kappa shape index (κ3) is 5.86. The van der Waals surface area contributed by atoms with Gasteiger partial charge in [-0.25, -0.2) is 14.6 Å². The molecule has 0 spiro atoms. The van der Waals surface area contributed by atoms with Crippen LogP contribution in [0.5, 0.6) is 0 Å². The first-order valence-corrected chi connectivity index (χ1v) is 11.5. The zero-order valence-corrected chi connectivity index (χ0v) is 19.8. The topological polar surface area (TPSA) is 101 Å². The largest absolute Gasteiger partial charge is 0.476 e. The minimum atomic E-state index is -1.06. The first kappa shape index (κ1) is 24.6. The van der Waals surface area contributed by atoms with Crippen LogP contribution in [0.25, 0.3) is 17.1 Å². The second-order valence-corrected chi connectivity index (χ2v) is 8.41. The number of amides is 2. The van der Waals surface area contributed by atoms with Crippen molar-refractivity contribution >= 4 is 35.2 Å². The monoisotopic (exact) mass is 488 g/mol. The molecule has 0 aliphatic carbocycles. The number of aromatic nitrogens is 2. The SMILES string of the molecule is CCc1c(C(=O)O)nc(-c2ccccc2Cl)n1-c1ccc(Cl)cc1.NC(=O)N1CCCCC1. The molecule has 0 bridgehead atoms. The molecule has 2 aromatic carbocycles. The molecule has 3 N–H and O–H groups in total. The van der Waals surface area contributed by atoms with Crippen molar-refractivity contribution in [3.05, 3.63) is 70.0 Å². The molecule has 1 aliphatic heterocycles. The number of primary amides is 1. The Hall–Kier alpha value is -3.03. The molecule has 1 aliphatic rings. The van der Waals surface area contributed by atoms with Crippen LogP contribution in [0.4, 0.5) is 4.79 Å². The molecule has 3 aromatic rings. The number of rotatable bonds is 4. The van der Waals surface area contributed by atoms with Crippen molar-refractivity contribution in [3.63, 3.8) is 0 Å². The normalized spacial score (nSPS) is 13.2. The summed E-state index contributed by atoms with van der Waals surface area (Å²) in [7, 11) is 0. The summed E-state index contributed by atoms with van der Waals surface area (Å²) >= 11 is 12.3. The summed E-state index contributed by atoms with van der Waals surface area (Å²) in [5.74, 6) is -0.565. The molecule has 7 nitrogen and oxygen atoms in total. The van der Waals surface area contributed by atoms with Gasteiger partial charge in [-0.1, -0.05) is 42.3 Å². The van der Waals surface area contributed by atoms with Crippen LogP contribution in [0.2, 0.25) is 10.0 Å². The summed E-state index contributed by atoms with van der Waals surface area (Å²) in [6, 6.07) is 14.1. The van der Waals surface area contributed by atoms with E-state index in [4.69, 9.17) is 28.9 Å². The van der Waals surface area contributed by atoms with Gasteiger partial charge in [0.2, 0.25) is 0 Å². The number of benzene rings is 2. The number of carboxylic acids is 1. The van der Waals surface area contributed by atoms with E-state index in [1.807, 2.05) is 41.8 Å². The first-order chi connectivity index (χ1) is 15.8. The van der Waals surface area contributed by atoms with E-state index in [1.165, 1.54) is 6.42 Å². The van der Waals surface area contributed by atoms with Gasteiger partial charge in [-0.2, -0.15) is 0 Å². The number of aromatic carboxylic acids is 1. The van der Waals surface area contributed by atoms with Crippen LogP contribution in [0.3, 0.4) is 0 Å². The number of likely N-dealkylation sites (tertiary alicyclic amines) is 1. The summed E-state index contributed by atoms with van der Waals surface area (Å²) in [5, 5.41) is 10.6. The van der Waals surface area contributed by atoms with E-state index >= 15 is 0 Å². The van der Waals surface area contributed by atoms with Crippen molar-refractivity contribution in [2.24, 2.45) is 5.73 Å². The average molecular weight is 489 g/mol. The van der Waals surface area contributed by atoms with E-state index in [2.05, 4.69) is 4.98 Å². The minimum absolute atomic E-state index is 0.0300. The van der Waals surface area contributed by atoms with E-state index < -0.39 is 5.97 Å². The number of carboxylic acid groups (broad SMARTS) is 1. The Balaban J connectivity index is 0.000000286. The fourth-order valence-corrected chi connectivity index (χ4v) is 4.10. The van der Waals surface area contributed by atoms with E-state index in [-0.39, 0.29) is 11.7 Å². The maximum absolute atomic E-state index is 11.6. The number of carbonyl (C=O) groups is 2. The van der Waals surface area contributed by atoms with Crippen LogP contribution in [-0.4, -0.2) is 44.6 Å². The van der Waals surface area contributed by atoms with Crippen LogP contribution in [0.1, 0.15) is 42.4 Å². The second-order valence-electron chi connectivity index (χ2n) is 7.57. The van der Waals surface area contributed by atoms with Crippen molar-refractivity contribution in [3.8, 4) is 17.1 Å². The van der Waals surface area contributed by atoms with Crippen molar-refractivity contribution < 1.29 is 14.7 Å². The van der Waals surface area contributed by atoms with Crippen molar-refractivity contribution in [2.45, 2.75) is 32.6 Å². The fourth-order valence-electron chi connectivity index (χ4n) is 3.76. The number of nitrogens with zero attached hydrogens (tertiary/aromatic N) is 3. The molecule has 33 heavy (non-hydrogen) atoms. The Kier molecular flexibility index (Phi) is 8.36. The Bertz CT molecular complexity index is 1120. The van der Waals surface area contributed by atoms with Crippen LogP contribution in [0, 0.1) is 0 Å². The quantitative estimate of drug-likeness (QED) is 0.494. The van der Waals surface area contributed by atoms with Gasteiger partial charge in [0.25, 0.3) is 0 Å². The molecule has 9 heteroatoms. The number of halogens is 2. The zero-order chi connectivity index (χ0) is 24.0. The molecule has 0 unspecified atom stereocenters. The summed E-state index contributed by atoms with van der Waals surface area (Å²) in [5.41, 5.74) is 7.16. The highest BCUT2D eigenvalue weighted by Crippen LogP contribution is 2.32. The lowest BCUT2D eigenvalue weighted by Crippen LogP contribution is -2.39. The van der Waals surface area contributed by atoms with Crippen molar-refractivity contribution in [1.29, 1.82) is 0 Å². The number of hydrogen-bond acceptors (Lipinski definition) is 3. The summed E-state index contributed by atoms with van der Waals surface area (Å²) in [6.07, 6.45) is 3.98. The van der Waals surface area contributed by atoms with Crippen LogP contribution >= 0.6 is 23.2 Å². The molecule has 1 fully saturated rings. The summed E-state index contributed by atoms with van der Waals surface area (Å²) < 4.78 is 1.82. The lowest BCUT2D eigenvalue weighted by molar-refractivity contribution is 0.0689. The predicted molar refractivity (Wildman–Crippen MR) is 130 cm³/mol. The number of imidazole rings is 1. The van der Waals surface area contributed by atoms with Gasteiger partial charge in [-0.3, -0.25) is 4.57 Å². The fraction of sp³-hybridized carbons (Fsp3) is 0.292. The number of carbonyl (C=O) groups excluding carboxylic acids is 1. The Morgan fingerprint density at radius 1 is 1.03 bits per heavy atom. The van der Waals surface area contributed by atoms with Gasteiger partial charge in [0.15, 0.2) is 5.69 Å². The maximum Gasteiger partial charge on any atom is 0.356 e. The van der Waals surface area contributed by atoms with E-state index in [1.54, 1.807) is 23.1 Å². The van der Waals surface area contributed by atoms with E-state index in [9.17, 15) is 14.7 Å². The average Bonchev–Trinajstić information content (AvgIpc) is 3.20. The third-order valence-electron chi connectivity index (χ3n) is 5.38. The third-order valence-corrected chi connectivity index (χ3v) is 5.96. The smallest absolute Gasteiger partial charge is 0.356 e. The highest BCUT2D eigenvalue weighted by molar-refractivity contribution is 6.33. The highest BCUT2D eigenvalue weighted by Gasteiger charge is 2.23. The Morgan fingerprint density at radius 3 is 2.18 bits per heavy atom. The van der Waals surface area contributed by atoms with E-state index in [0.29, 0.717) is 33.5 Å². The molecule has 0 saturated carbocycles. The van der Waals surface area contributed by atoms with Crippen LogP contribution < -0.4 is 5.73 Å². The number of hydrogen-bond donors (Lipinski definition) is 2. The molecular formula is C24H26Cl2N4O3. The number of urea groups is 1. The van der Waals surface area contributed by atoms with Gasteiger partial charge < -0.3 is 15.7 Å². The lowest BCUT2D eigenvalue weighted by Gasteiger charge is -2.24. The Labute approximate surface area is 202 Å². The molecule has 1 aromatic heterocycles. The highest BCUT2D eigenvalue weighted by atomic mass is 35.5. The molecule has 1 saturated heterocycles.